The predicted molar refractivity (Wildman–Crippen MR) is 92.1 cm³/mol. The number of anilines is 1. The summed E-state index contributed by atoms with van der Waals surface area (Å²) in [5, 5.41) is 10.1. The number of aryl methyl sites for hydroxylation is 1. The first kappa shape index (κ1) is 16.0. The van der Waals surface area contributed by atoms with Crippen LogP contribution < -0.4 is 10.1 Å². The number of nitrogens with one attached hydrogen (secondary N) is 2. The van der Waals surface area contributed by atoms with Gasteiger partial charge in [-0.3, -0.25) is 9.89 Å². The second-order valence-corrected chi connectivity index (χ2v) is 5.50. The monoisotopic (exact) mass is 342 g/mol. The van der Waals surface area contributed by atoms with Crippen LogP contribution in [0.3, 0.4) is 0 Å². The molecule has 6 nitrogen and oxygen atoms in total. The number of aromatic amines is 1. The number of hydrogen-bond acceptors (Lipinski definition) is 4. The van der Waals surface area contributed by atoms with E-state index in [0.29, 0.717) is 22.3 Å². The zero-order valence-electron chi connectivity index (χ0n) is 12.9. The highest BCUT2D eigenvalue weighted by Gasteiger charge is 2.08. The minimum absolute atomic E-state index is 0.131. The molecule has 0 saturated carbocycles. The molecule has 2 aromatic carbocycles. The van der Waals surface area contributed by atoms with E-state index in [1.165, 1.54) is 0 Å². The lowest BCUT2D eigenvalue weighted by Crippen LogP contribution is -2.20. The number of H-pyrrole nitrogens is 1. The largest absolute Gasteiger partial charge is 0.482 e. The number of hydrogen-bond donors (Lipinski definition) is 2. The molecule has 0 bridgehead atoms. The average Bonchev–Trinajstić information content (AvgIpc) is 3.01. The third-order valence-electron chi connectivity index (χ3n) is 3.20. The van der Waals surface area contributed by atoms with Gasteiger partial charge in [-0.05, 0) is 31.2 Å². The molecule has 0 fully saturated rings. The van der Waals surface area contributed by atoms with Gasteiger partial charge in [-0.2, -0.15) is 5.10 Å². The molecule has 2 N–H and O–H groups in total. The summed E-state index contributed by atoms with van der Waals surface area (Å²) in [6, 6.07) is 14.3. The maximum atomic E-state index is 12.0. The Morgan fingerprint density at radius 1 is 1.25 bits per heavy atom. The van der Waals surface area contributed by atoms with E-state index in [-0.39, 0.29) is 12.5 Å². The molecular formula is C17H15ClN4O2. The number of ether oxygens (including phenoxy) is 1. The van der Waals surface area contributed by atoms with E-state index in [0.717, 1.165) is 11.4 Å². The molecule has 1 aromatic heterocycles. The Bertz CT molecular complexity index is 863. The minimum atomic E-state index is -0.279. The van der Waals surface area contributed by atoms with Crippen molar-refractivity contribution >= 4 is 23.2 Å². The van der Waals surface area contributed by atoms with Crippen LogP contribution in [-0.4, -0.2) is 27.7 Å². The van der Waals surface area contributed by atoms with Crippen LogP contribution in [0.25, 0.3) is 11.4 Å². The number of carbonyl (C=O) groups is 1. The quantitative estimate of drug-likeness (QED) is 0.744. The van der Waals surface area contributed by atoms with Crippen molar-refractivity contribution in [3.63, 3.8) is 0 Å². The molecule has 0 aliphatic rings. The number of halogens is 1. The molecule has 0 radical (unpaired) electrons. The molecule has 7 heteroatoms. The Balaban J connectivity index is 1.63. The first-order chi connectivity index (χ1) is 11.6. The van der Waals surface area contributed by atoms with E-state index in [1.54, 1.807) is 36.4 Å². The number of para-hydroxylation sites is 1. The fourth-order valence-corrected chi connectivity index (χ4v) is 2.30. The second-order valence-electron chi connectivity index (χ2n) is 5.09. The number of aromatic nitrogens is 3. The molecular weight excluding hydrogens is 328 g/mol. The standard InChI is InChI=1S/C17H15ClN4O2/c1-11-19-17(22-21-11)12-5-4-6-13(9-12)20-16(23)10-24-15-8-3-2-7-14(15)18/h2-9H,10H2,1H3,(H,20,23)(H,19,21,22). The fraction of sp³-hybridized carbons (Fsp3) is 0.118. The summed E-state index contributed by atoms with van der Waals surface area (Å²) in [7, 11) is 0. The highest BCUT2D eigenvalue weighted by molar-refractivity contribution is 6.32. The van der Waals surface area contributed by atoms with Gasteiger partial charge in [-0.1, -0.05) is 35.9 Å². The third-order valence-corrected chi connectivity index (χ3v) is 3.51. The normalized spacial score (nSPS) is 10.4. The van der Waals surface area contributed by atoms with Gasteiger partial charge < -0.3 is 10.1 Å². The first-order valence-corrected chi connectivity index (χ1v) is 7.66. The van der Waals surface area contributed by atoms with Crippen molar-refractivity contribution in [2.75, 3.05) is 11.9 Å². The van der Waals surface area contributed by atoms with Gasteiger partial charge >= 0.3 is 0 Å². The van der Waals surface area contributed by atoms with Crippen molar-refractivity contribution in [1.29, 1.82) is 0 Å². The predicted octanol–water partition coefficient (Wildman–Crippen LogP) is 3.45. The molecule has 3 aromatic rings. The van der Waals surface area contributed by atoms with Crippen molar-refractivity contribution in [2.24, 2.45) is 0 Å². The average molecular weight is 343 g/mol. The smallest absolute Gasteiger partial charge is 0.262 e. The summed E-state index contributed by atoms with van der Waals surface area (Å²) in [5.74, 6) is 1.50. The zero-order chi connectivity index (χ0) is 16.9. The van der Waals surface area contributed by atoms with E-state index in [2.05, 4.69) is 20.5 Å². The van der Waals surface area contributed by atoms with E-state index >= 15 is 0 Å². The van der Waals surface area contributed by atoms with Crippen LogP contribution in [0.15, 0.2) is 48.5 Å². The zero-order valence-corrected chi connectivity index (χ0v) is 13.7. The Morgan fingerprint density at radius 3 is 2.83 bits per heavy atom. The lowest BCUT2D eigenvalue weighted by Gasteiger charge is -2.09. The van der Waals surface area contributed by atoms with Crippen LogP contribution in [0.2, 0.25) is 5.02 Å². The number of amides is 1. The van der Waals surface area contributed by atoms with Gasteiger partial charge in [0.15, 0.2) is 12.4 Å². The fourth-order valence-electron chi connectivity index (χ4n) is 2.11. The molecule has 0 aliphatic heterocycles. The summed E-state index contributed by atoms with van der Waals surface area (Å²) >= 11 is 5.98. The first-order valence-electron chi connectivity index (χ1n) is 7.28. The van der Waals surface area contributed by atoms with E-state index < -0.39 is 0 Å². The van der Waals surface area contributed by atoms with Crippen molar-refractivity contribution < 1.29 is 9.53 Å². The summed E-state index contributed by atoms with van der Waals surface area (Å²) < 4.78 is 5.42. The lowest BCUT2D eigenvalue weighted by molar-refractivity contribution is -0.118. The molecule has 0 unspecified atom stereocenters. The number of benzene rings is 2. The van der Waals surface area contributed by atoms with E-state index in [9.17, 15) is 4.79 Å². The van der Waals surface area contributed by atoms with Crippen LogP contribution in [0, 0.1) is 6.92 Å². The second kappa shape index (κ2) is 7.14. The van der Waals surface area contributed by atoms with Gasteiger partial charge in [0.2, 0.25) is 0 Å². The molecule has 0 saturated heterocycles. The van der Waals surface area contributed by atoms with Gasteiger partial charge in [-0.15, -0.1) is 0 Å². The van der Waals surface area contributed by atoms with Crippen molar-refractivity contribution in [3.8, 4) is 17.1 Å². The van der Waals surface area contributed by atoms with Gasteiger partial charge in [0.1, 0.15) is 11.6 Å². The van der Waals surface area contributed by atoms with Crippen LogP contribution in [-0.2, 0) is 4.79 Å². The molecule has 1 heterocycles. The highest BCUT2D eigenvalue weighted by atomic mass is 35.5. The van der Waals surface area contributed by atoms with E-state index in [4.69, 9.17) is 16.3 Å². The van der Waals surface area contributed by atoms with Gasteiger partial charge in [0.05, 0.1) is 5.02 Å². The van der Waals surface area contributed by atoms with Crippen molar-refractivity contribution in [2.45, 2.75) is 6.92 Å². The lowest BCUT2D eigenvalue weighted by atomic mass is 10.2. The van der Waals surface area contributed by atoms with Crippen molar-refractivity contribution in [3.05, 3.63) is 59.4 Å². The summed E-state index contributed by atoms with van der Waals surface area (Å²) in [4.78, 5) is 16.3. The van der Waals surface area contributed by atoms with Crippen LogP contribution in [0.5, 0.6) is 5.75 Å². The van der Waals surface area contributed by atoms with Crippen LogP contribution in [0.4, 0.5) is 5.69 Å². The third kappa shape index (κ3) is 3.91. The molecule has 24 heavy (non-hydrogen) atoms. The molecule has 1 amide bonds. The number of carbonyl (C=O) groups excluding carboxylic acids is 1. The van der Waals surface area contributed by atoms with Gasteiger partial charge in [-0.25, -0.2) is 4.98 Å². The number of rotatable bonds is 5. The Labute approximate surface area is 143 Å². The van der Waals surface area contributed by atoms with Crippen LogP contribution in [0.1, 0.15) is 5.82 Å². The summed E-state index contributed by atoms with van der Waals surface area (Å²) in [6.45, 7) is 1.70. The SMILES string of the molecule is Cc1nc(-c2cccc(NC(=O)COc3ccccc3Cl)c2)n[nH]1. The minimum Gasteiger partial charge on any atom is -0.482 e. The molecule has 0 atom stereocenters. The van der Waals surface area contributed by atoms with Gasteiger partial charge in [0.25, 0.3) is 5.91 Å². The maximum absolute atomic E-state index is 12.0. The Hall–Kier alpha value is -2.86. The molecule has 122 valence electrons. The Morgan fingerprint density at radius 2 is 2.08 bits per heavy atom. The van der Waals surface area contributed by atoms with Crippen molar-refractivity contribution in [1.82, 2.24) is 15.2 Å². The summed E-state index contributed by atoms with van der Waals surface area (Å²) in [5.41, 5.74) is 1.45. The number of nitrogens with zero attached hydrogens (tertiary/aromatic N) is 2. The summed E-state index contributed by atoms with van der Waals surface area (Å²) in [6.07, 6.45) is 0. The van der Waals surface area contributed by atoms with E-state index in [1.807, 2.05) is 19.1 Å². The molecule has 0 aliphatic carbocycles. The maximum Gasteiger partial charge on any atom is 0.262 e. The highest BCUT2D eigenvalue weighted by Crippen LogP contribution is 2.23. The van der Waals surface area contributed by atoms with Crippen LogP contribution >= 0.6 is 11.6 Å². The van der Waals surface area contributed by atoms with Gasteiger partial charge in [0, 0.05) is 11.3 Å². The Kier molecular flexibility index (Phi) is 4.77. The molecule has 0 spiro atoms. The topological polar surface area (TPSA) is 79.9 Å². The molecule has 3 rings (SSSR count).